The molecule has 2 aliphatic heterocycles. The number of hydrogen-bond acceptors (Lipinski definition) is 6. The average Bonchev–Trinajstić information content (AvgIpc) is 3.32. The summed E-state index contributed by atoms with van der Waals surface area (Å²) in [5.41, 5.74) is 1.41. The lowest BCUT2D eigenvalue weighted by Crippen LogP contribution is -2.53. The van der Waals surface area contributed by atoms with Gasteiger partial charge in [0.1, 0.15) is 5.76 Å². The molecule has 1 aliphatic carbocycles. The van der Waals surface area contributed by atoms with Crippen molar-refractivity contribution in [2.45, 2.75) is 62.9 Å². The summed E-state index contributed by atoms with van der Waals surface area (Å²) >= 11 is 0. The Bertz CT molecular complexity index is 1080. The Kier molecular flexibility index (Phi) is 7.04. The van der Waals surface area contributed by atoms with Crippen LogP contribution in [-0.4, -0.2) is 72.7 Å². The number of rotatable bonds is 9. The van der Waals surface area contributed by atoms with E-state index in [1.165, 1.54) is 0 Å². The van der Waals surface area contributed by atoms with Gasteiger partial charge in [-0.15, -0.1) is 0 Å². The fourth-order valence-electron chi connectivity index (χ4n) is 5.18. The zero-order valence-electron chi connectivity index (χ0n) is 19.6. The van der Waals surface area contributed by atoms with Crippen molar-refractivity contribution in [3.8, 4) is 0 Å². The highest BCUT2D eigenvalue weighted by molar-refractivity contribution is 7.89. The molecule has 9 heteroatoms. The molecular formula is C25H34N4O4S. The zero-order valence-corrected chi connectivity index (χ0v) is 20.4. The van der Waals surface area contributed by atoms with E-state index in [2.05, 4.69) is 15.4 Å². The largest absolute Gasteiger partial charge is 0.360 e. The third kappa shape index (κ3) is 5.70. The number of benzene rings is 1. The van der Waals surface area contributed by atoms with Crippen molar-refractivity contribution in [1.82, 2.24) is 19.7 Å². The zero-order chi connectivity index (χ0) is 23.5. The van der Waals surface area contributed by atoms with Gasteiger partial charge in [0.2, 0.25) is 10.0 Å². The van der Waals surface area contributed by atoms with E-state index in [4.69, 9.17) is 4.52 Å². The van der Waals surface area contributed by atoms with E-state index in [1.807, 2.05) is 30.3 Å². The van der Waals surface area contributed by atoms with Crippen molar-refractivity contribution in [1.29, 1.82) is 0 Å². The molecule has 1 aromatic carbocycles. The Labute approximate surface area is 201 Å². The molecule has 1 N–H and O–H groups in total. The van der Waals surface area contributed by atoms with Gasteiger partial charge in [0.05, 0.1) is 5.75 Å². The van der Waals surface area contributed by atoms with Gasteiger partial charge >= 0.3 is 0 Å². The monoisotopic (exact) mass is 486 g/mol. The molecule has 1 saturated carbocycles. The molecule has 2 aromatic rings. The second-order valence-electron chi connectivity index (χ2n) is 9.90. The standard InChI is InChI=1S/C25H34N4O4S/c30-25(23-18-24(33-27-23)20-8-9-20)26-21-10-13-29(22(17-21)16-19-6-2-1-3-7-19)34(31,32)15-14-28-11-4-5-12-28/h1-3,6-7,18,20-22H,4-5,8-17H2,(H,26,30)/t21-,22-/m0/s1. The van der Waals surface area contributed by atoms with Gasteiger partial charge in [-0.3, -0.25) is 4.79 Å². The van der Waals surface area contributed by atoms with E-state index < -0.39 is 10.0 Å². The Morgan fingerprint density at radius 2 is 1.85 bits per heavy atom. The van der Waals surface area contributed by atoms with Crippen LogP contribution >= 0.6 is 0 Å². The number of aromatic nitrogens is 1. The molecule has 0 bridgehead atoms. The summed E-state index contributed by atoms with van der Waals surface area (Å²) < 4.78 is 33.7. The fraction of sp³-hybridized carbons (Fsp3) is 0.600. The van der Waals surface area contributed by atoms with Gasteiger partial charge in [-0.2, -0.15) is 4.31 Å². The molecule has 2 saturated heterocycles. The average molecular weight is 487 g/mol. The van der Waals surface area contributed by atoms with Crippen LogP contribution in [0.3, 0.4) is 0 Å². The van der Waals surface area contributed by atoms with Crippen LogP contribution in [-0.2, 0) is 16.4 Å². The summed E-state index contributed by atoms with van der Waals surface area (Å²) in [4.78, 5) is 15.0. The Hall–Kier alpha value is -2.23. The number of carbonyl (C=O) groups is 1. The highest BCUT2D eigenvalue weighted by Gasteiger charge is 2.37. The van der Waals surface area contributed by atoms with Crippen LogP contribution in [0.5, 0.6) is 0 Å². The molecule has 5 rings (SSSR count). The minimum absolute atomic E-state index is 0.104. The number of amides is 1. The molecular weight excluding hydrogens is 452 g/mol. The lowest BCUT2D eigenvalue weighted by atomic mass is 9.94. The lowest BCUT2D eigenvalue weighted by molar-refractivity contribution is 0.0902. The first kappa shape index (κ1) is 23.5. The van der Waals surface area contributed by atoms with Gasteiger partial charge in [-0.1, -0.05) is 35.5 Å². The molecule has 1 amide bonds. The van der Waals surface area contributed by atoms with Crippen LogP contribution in [0.15, 0.2) is 40.9 Å². The van der Waals surface area contributed by atoms with Gasteiger partial charge < -0.3 is 14.7 Å². The van der Waals surface area contributed by atoms with E-state index in [-0.39, 0.29) is 23.7 Å². The molecule has 3 aliphatic rings. The first-order valence-corrected chi connectivity index (χ1v) is 14.1. The second kappa shape index (κ2) is 10.2. The summed E-state index contributed by atoms with van der Waals surface area (Å²) in [6, 6.07) is 11.4. The lowest BCUT2D eigenvalue weighted by Gasteiger charge is -2.39. The molecule has 1 aromatic heterocycles. The number of carbonyl (C=O) groups excluding carboxylic acids is 1. The van der Waals surface area contributed by atoms with Crippen LogP contribution in [0.2, 0.25) is 0 Å². The third-order valence-corrected chi connectivity index (χ3v) is 9.17. The SMILES string of the molecule is O=C(N[C@H]1CCN(S(=O)(=O)CCN2CCCC2)[C@@H](Cc2ccccc2)C1)c1cc(C2CC2)on1. The maximum atomic E-state index is 13.4. The van der Waals surface area contributed by atoms with Crippen molar-refractivity contribution < 1.29 is 17.7 Å². The Morgan fingerprint density at radius 3 is 2.59 bits per heavy atom. The summed E-state index contributed by atoms with van der Waals surface area (Å²) in [6.45, 7) is 2.98. The minimum atomic E-state index is -3.39. The number of sulfonamides is 1. The molecule has 8 nitrogen and oxygen atoms in total. The van der Waals surface area contributed by atoms with E-state index >= 15 is 0 Å². The van der Waals surface area contributed by atoms with E-state index in [0.717, 1.165) is 50.1 Å². The fourth-order valence-corrected chi connectivity index (χ4v) is 6.90. The number of likely N-dealkylation sites (tertiary alicyclic amines) is 1. The van der Waals surface area contributed by atoms with Gasteiger partial charge in [0.15, 0.2) is 5.69 Å². The highest BCUT2D eigenvalue weighted by atomic mass is 32.2. The first-order valence-electron chi connectivity index (χ1n) is 12.5. The van der Waals surface area contributed by atoms with Crippen molar-refractivity contribution in [3.63, 3.8) is 0 Å². The van der Waals surface area contributed by atoms with Gasteiger partial charge in [-0.05, 0) is 63.6 Å². The normalized spacial score (nSPS) is 24.4. The van der Waals surface area contributed by atoms with Crippen LogP contribution in [0, 0.1) is 0 Å². The van der Waals surface area contributed by atoms with E-state index in [9.17, 15) is 13.2 Å². The first-order chi connectivity index (χ1) is 16.5. The minimum Gasteiger partial charge on any atom is -0.360 e. The van der Waals surface area contributed by atoms with Gasteiger partial charge in [-0.25, -0.2) is 8.42 Å². The van der Waals surface area contributed by atoms with E-state index in [1.54, 1.807) is 10.4 Å². The van der Waals surface area contributed by atoms with E-state index in [0.29, 0.717) is 44.0 Å². The summed E-state index contributed by atoms with van der Waals surface area (Å²) in [7, 11) is -3.39. The maximum Gasteiger partial charge on any atom is 0.273 e. The van der Waals surface area contributed by atoms with Crippen LogP contribution in [0.25, 0.3) is 0 Å². The van der Waals surface area contributed by atoms with Crippen molar-refractivity contribution >= 4 is 15.9 Å². The summed E-state index contributed by atoms with van der Waals surface area (Å²) in [5.74, 6) is 1.09. The predicted octanol–water partition coefficient (Wildman–Crippen LogP) is 2.78. The molecule has 34 heavy (non-hydrogen) atoms. The smallest absolute Gasteiger partial charge is 0.273 e. The Balaban J connectivity index is 1.26. The molecule has 0 spiro atoms. The second-order valence-corrected chi connectivity index (χ2v) is 11.9. The number of nitrogens with one attached hydrogen (secondary N) is 1. The maximum absolute atomic E-state index is 13.4. The quantitative estimate of drug-likeness (QED) is 0.586. The van der Waals surface area contributed by atoms with Gasteiger partial charge in [0, 0.05) is 37.2 Å². The summed E-state index contributed by atoms with van der Waals surface area (Å²) in [6.07, 6.45) is 6.27. The topological polar surface area (TPSA) is 95.8 Å². The number of nitrogens with zero attached hydrogens (tertiary/aromatic N) is 3. The number of hydrogen-bond donors (Lipinski definition) is 1. The van der Waals surface area contributed by atoms with Crippen molar-refractivity contribution in [2.75, 3.05) is 31.9 Å². The van der Waals surface area contributed by atoms with Crippen LogP contribution < -0.4 is 5.32 Å². The molecule has 0 unspecified atom stereocenters. The molecule has 0 radical (unpaired) electrons. The molecule has 2 atom stereocenters. The summed E-state index contributed by atoms with van der Waals surface area (Å²) in [5, 5.41) is 7.03. The van der Waals surface area contributed by atoms with Gasteiger partial charge in [0.25, 0.3) is 5.91 Å². The van der Waals surface area contributed by atoms with Crippen molar-refractivity contribution in [2.24, 2.45) is 0 Å². The highest BCUT2D eigenvalue weighted by Crippen LogP contribution is 2.40. The molecule has 184 valence electrons. The molecule has 3 fully saturated rings. The van der Waals surface area contributed by atoms with Crippen LogP contribution in [0.4, 0.5) is 0 Å². The predicted molar refractivity (Wildman–Crippen MR) is 129 cm³/mol. The van der Waals surface area contributed by atoms with Crippen molar-refractivity contribution in [3.05, 3.63) is 53.4 Å². The Morgan fingerprint density at radius 1 is 1.09 bits per heavy atom. The van der Waals surface area contributed by atoms with Crippen LogP contribution in [0.1, 0.15) is 66.3 Å². The molecule has 3 heterocycles. The number of piperidine rings is 1. The third-order valence-electron chi connectivity index (χ3n) is 7.27.